The number of hydrogen-bond donors (Lipinski definition) is 1. The minimum atomic E-state index is -0.136. The van der Waals surface area contributed by atoms with Crippen molar-refractivity contribution in [2.75, 3.05) is 46.9 Å². The molecular weight excluding hydrogens is 318 g/mol. The summed E-state index contributed by atoms with van der Waals surface area (Å²) in [5, 5.41) is 2.97. The minimum Gasteiger partial charge on any atom is -0.497 e. The van der Waals surface area contributed by atoms with Crippen LogP contribution >= 0.6 is 0 Å². The van der Waals surface area contributed by atoms with Gasteiger partial charge in [0.2, 0.25) is 11.8 Å². The third-order valence-corrected chi connectivity index (χ3v) is 5.13. The van der Waals surface area contributed by atoms with Gasteiger partial charge in [0.1, 0.15) is 5.75 Å². The van der Waals surface area contributed by atoms with E-state index >= 15 is 0 Å². The molecule has 3 rings (SSSR count). The van der Waals surface area contributed by atoms with E-state index in [1.54, 1.807) is 7.11 Å². The van der Waals surface area contributed by atoms with E-state index in [0.29, 0.717) is 13.0 Å². The van der Waals surface area contributed by atoms with Crippen molar-refractivity contribution in [2.45, 2.75) is 12.8 Å². The van der Waals surface area contributed by atoms with Crippen molar-refractivity contribution in [3.63, 3.8) is 0 Å². The zero-order valence-corrected chi connectivity index (χ0v) is 15.0. The number of likely N-dealkylation sites (N-methyl/N-ethyl adjacent to an activating group) is 1. The molecule has 2 fully saturated rings. The summed E-state index contributed by atoms with van der Waals surface area (Å²) in [6.45, 7) is 3.97. The highest BCUT2D eigenvalue weighted by Crippen LogP contribution is 2.40. The standard InChI is InChI=1S/C19H27N3O3/c1-21-9-11-22(12-10-21)19(24)17-13-16(17)18(23)20-8-7-14-3-5-15(25-2)6-4-14/h3-6,16-17H,7-13H2,1-2H3,(H,20,23). The molecule has 1 N–H and O–H groups in total. The van der Waals surface area contributed by atoms with Gasteiger partial charge in [-0.15, -0.1) is 0 Å². The Morgan fingerprint density at radius 2 is 1.80 bits per heavy atom. The highest BCUT2D eigenvalue weighted by atomic mass is 16.5. The molecule has 2 atom stereocenters. The minimum absolute atomic E-state index is 0.0148. The van der Waals surface area contributed by atoms with Crippen LogP contribution in [-0.4, -0.2) is 68.5 Å². The van der Waals surface area contributed by atoms with Crippen LogP contribution in [0.2, 0.25) is 0 Å². The number of amides is 2. The maximum Gasteiger partial charge on any atom is 0.226 e. The lowest BCUT2D eigenvalue weighted by molar-refractivity contribution is -0.136. The van der Waals surface area contributed by atoms with Gasteiger partial charge in [-0.1, -0.05) is 12.1 Å². The van der Waals surface area contributed by atoms with E-state index in [1.165, 1.54) is 0 Å². The number of methoxy groups -OCH3 is 1. The van der Waals surface area contributed by atoms with Crippen molar-refractivity contribution in [1.82, 2.24) is 15.1 Å². The number of carbonyl (C=O) groups excluding carboxylic acids is 2. The van der Waals surface area contributed by atoms with E-state index in [-0.39, 0.29) is 23.7 Å². The monoisotopic (exact) mass is 345 g/mol. The van der Waals surface area contributed by atoms with Crippen LogP contribution in [0.4, 0.5) is 0 Å². The molecule has 6 nitrogen and oxygen atoms in total. The molecule has 0 spiro atoms. The van der Waals surface area contributed by atoms with Crippen molar-refractivity contribution in [3.05, 3.63) is 29.8 Å². The van der Waals surface area contributed by atoms with Crippen molar-refractivity contribution in [3.8, 4) is 5.75 Å². The summed E-state index contributed by atoms with van der Waals surface area (Å²) in [5.41, 5.74) is 1.15. The Balaban J connectivity index is 1.38. The Hall–Kier alpha value is -2.08. The predicted molar refractivity (Wildman–Crippen MR) is 95.4 cm³/mol. The Morgan fingerprint density at radius 1 is 1.12 bits per heavy atom. The lowest BCUT2D eigenvalue weighted by atomic mass is 10.1. The first kappa shape index (κ1) is 17.7. The number of carbonyl (C=O) groups is 2. The molecule has 1 aliphatic carbocycles. The zero-order valence-electron chi connectivity index (χ0n) is 15.0. The van der Waals surface area contributed by atoms with Gasteiger partial charge < -0.3 is 19.9 Å². The molecule has 136 valence electrons. The molecule has 25 heavy (non-hydrogen) atoms. The SMILES string of the molecule is COc1ccc(CCNC(=O)C2CC2C(=O)N2CCN(C)CC2)cc1. The molecule has 1 saturated heterocycles. The van der Waals surface area contributed by atoms with Crippen LogP contribution < -0.4 is 10.1 Å². The van der Waals surface area contributed by atoms with Gasteiger partial charge in [0.05, 0.1) is 18.9 Å². The van der Waals surface area contributed by atoms with Gasteiger partial charge in [0.15, 0.2) is 0 Å². The summed E-state index contributed by atoms with van der Waals surface area (Å²) in [7, 11) is 3.71. The van der Waals surface area contributed by atoms with E-state index in [4.69, 9.17) is 4.74 Å². The Bertz CT molecular complexity index is 609. The van der Waals surface area contributed by atoms with Crippen molar-refractivity contribution >= 4 is 11.8 Å². The van der Waals surface area contributed by atoms with E-state index in [2.05, 4.69) is 17.3 Å². The lowest BCUT2D eigenvalue weighted by Crippen LogP contribution is -2.48. The average Bonchev–Trinajstić information content (AvgIpc) is 3.43. The number of hydrogen-bond acceptors (Lipinski definition) is 4. The number of piperazine rings is 1. The van der Waals surface area contributed by atoms with Crippen LogP contribution in [0.5, 0.6) is 5.75 Å². The molecule has 6 heteroatoms. The summed E-state index contributed by atoms with van der Waals surface area (Å²) in [4.78, 5) is 28.8. The van der Waals surface area contributed by atoms with Crippen LogP contribution in [0.25, 0.3) is 0 Å². The van der Waals surface area contributed by atoms with Crippen LogP contribution in [0.1, 0.15) is 12.0 Å². The maximum atomic E-state index is 12.5. The molecule has 1 aliphatic heterocycles. The smallest absolute Gasteiger partial charge is 0.226 e. The van der Waals surface area contributed by atoms with Crippen molar-refractivity contribution in [1.29, 1.82) is 0 Å². The van der Waals surface area contributed by atoms with Crippen LogP contribution in [0.3, 0.4) is 0 Å². The second-order valence-corrected chi connectivity index (χ2v) is 6.97. The maximum absolute atomic E-state index is 12.5. The third-order valence-electron chi connectivity index (χ3n) is 5.13. The number of nitrogens with zero attached hydrogens (tertiary/aromatic N) is 2. The molecule has 0 radical (unpaired) electrons. The van der Waals surface area contributed by atoms with Gasteiger partial charge in [-0.2, -0.15) is 0 Å². The topological polar surface area (TPSA) is 61.9 Å². The first-order valence-electron chi connectivity index (χ1n) is 8.96. The Morgan fingerprint density at radius 3 is 2.44 bits per heavy atom. The molecule has 0 bridgehead atoms. The van der Waals surface area contributed by atoms with Crippen molar-refractivity contribution < 1.29 is 14.3 Å². The van der Waals surface area contributed by atoms with E-state index in [9.17, 15) is 9.59 Å². The number of benzene rings is 1. The summed E-state index contributed by atoms with van der Waals surface area (Å²) in [6.07, 6.45) is 1.47. The highest BCUT2D eigenvalue weighted by molar-refractivity contribution is 5.92. The Kier molecular flexibility index (Phi) is 5.58. The van der Waals surface area contributed by atoms with E-state index < -0.39 is 0 Å². The molecule has 1 saturated carbocycles. The van der Waals surface area contributed by atoms with Gasteiger partial charge in [0, 0.05) is 32.7 Å². The molecule has 1 aromatic carbocycles. The van der Waals surface area contributed by atoms with Gasteiger partial charge in [-0.3, -0.25) is 9.59 Å². The molecule has 2 amide bonds. The molecule has 1 aromatic rings. The first-order chi connectivity index (χ1) is 12.1. The average molecular weight is 345 g/mol. The quantitative estimate of drug-likeness (QED) is 0.827. The zero-order chi connectivity index (χ0) is 17.8. The van der Waals surface area contributed by atoms with Crippen LogP contribution in [0.15, 0.2) is 24.3 Å². The van der Waals surface area contributed by atoms with Gasteiger partial charge in [-0.05, 0) is 37.6 Å². The lowest BCUT2D eigenvalue weighted by Gasteiger charge is -2.32. The van der Waals surface area contributed by atoms with Crippen molar-refractivity contribution in [2.24, 2.45) is 11.8 Å². The third kappa shape index (κ3) is 4.51. The predicted octanol–water partition coefficient (Wildman–Crippen LogP) is 0.764. The molecular formula is C19H27N3O3. The summed E-state index contributed by atoms with van der Waals surface area (Å²) in [5.74, 6) is 0.757. The normalized spacial score (nSPS) is 23.2. The Labute approximate surface area is 149 Å². The second-order valence-electron chi connectivity index (χ2n) is 6.97. The summed E-state index contributed by atoms with van der Waals surface area (Å²) < 4.78 is 5.13. The second kappa shape index (κ2) is 7.87. The van der Waals surface area contributed by atoms with Crippen LogP contribution in [-0.2, 0) is 16.0 Å². The molecule has 0 aromatic heterocycles. The van der Waals surface area contributed by atoms with Gasteiger partial charge in [0.25, 0.3) is 0 Å². The highest BCUT2D eigenvalue weighted by Gasteiger charge is 2.49. The van der Waals surface area contributed by atoms with Gasteiger partial charge >= 0.3 is 0 Å². The molecule has 2 aliphatic rings. The van der Waals surface area contributed by atoms with Gasteiger partial charge in [-0.25, -0.2) is 0 Å². The van der Waals surface area contributed by atoms with Crippen LogP contribution in [0, 0.1) is 11.8 Å². The fourth-order valence-electron chi connectivity index (χ4n) is 3.27. The molecule has 2 unspecified atom stereocenters. The van der Waals surface area contributed by atoms with E-state index in [0.717, 1.165) is 43.9 Å². The fraction of sp³-hybridized carbons (Fsp3) is 0.579. The first-order valence-corrected chi connectivity index (χ1v) is 8.96. The molecule has 1 heterocycles. The summed E-state index contributed by atoms with van der Waals surface area (Å²) >= 11 is 0. The summed E-state index contributed by atoms with van der Waals surface area (Å²) in [6, 6.07) is 7.84. The largest absolute Gasteiger partial charge is 0.497 e. The fourth-order valence-corrected chi connectivity index (χ4v) is 3.27. The number of rotatable bonds is 6. The van der Waals surface area contributed by atoms with E-state index in [1.807, 2.05) is 29.2 Å². The number of ether oxygens (including phenoxy) is 1. The number of nitrogens with one attached hydrogen (secondary N) is 1.